The Morgan fingerprint density at radius 2 is 2.05 bits per heavy atom. The zero-order chi connectivity index (χ0) is 16.0. The van der Waals surface area contributed by atoms with E-state index in [-0.39, 0.29) is 18.3 Å². The standard InChI is InChI=1S/C13H24N4O4/c1-4-11(18)5-6-14-7-12(19)8-16-10(3)13(17(20)21)9(2)15-16/h11-12,14,18-19H,4-8H2,1-3H3. The summed E-state index contributed by atoms with van der Waals surface area (Å²) >= 11 is 0. The summed E-state index contributed by atoms with van der Waals surface area (Å²) in [6, 6.07) is 0. The van der Waals surface area contributed by atoms with Crippen molar-refractivity contribution in [2.24, 2.45) is 0 Å². The number of nitrogens with zero attached hydrogens (tertiary/aromatic N) is 3. The molecule has 1 aromatic rings. The summed E-state index contributed by atoms with van der Waals surface area (Å²) in [5.74, 6) is 0. The molecular formula is C13H24N4O4. The van der Waals surface area contributed by atoms with Crippen LogP contribution < -0.4 is 5.32 Å². The summed E-state index contributed by atoms with van der Waals surface area (Å²) in [7, 11) is 0. The van der Waals surface area contributed by atoms with Crippen LogP contribution in [0.2, 0.25) is 0 Å². The molecule has 0 fully saturated rings. The van der Waals surface area contributed by atoms with Crippen molar-refractivity contribution in [2.45, 2.75) is 52.4 Å². The van der Waals surface area contributed by atoms with E-state index in [0.29, 0.717) is 37.3 Å². The fraction of sp³-hybridized carbons (Fsp3) is 0.769. The van der Waals surface area contributed by atoms with Gasteiger partial charge in [-0.05, 0) is 33.2 Å². The van der Waals surface area contributed by atoms with Crippen LogP contribution in [0.1, 0.15) is 31.2 Å². The number of hydrogen-bond acceptors (Lipinski definition) is 6. The summed E-state index contributed by atoms with van der Waals surface area (Å²) in [4.78, 5) is 10.4. The molecule has 8 nitrogen and oxygen atoms in total. The zero-order valence-corrected chi connectivity index (χ0v) is 12.7. The van der Waals surface area contributed by atoms with Crippen molar-refractivity contribution in [3.05, 3.63) is 21.5 Å². The SMILES string of the molecule is CCC(O)CCNCC(O)Cn1nc(C)c([N+](=O)[O-])c1C. The number of rotatable bonds is 9. The first-order valence-corrected chi connectivity index (χ1v) is 7.12. The Balaban J connectivity index is 2.47. The zero-order valence-electron chi connectivity index (χ0n) is 12.7. The van der Waals surface area contributed by atoms with Gasteiger partial charge in [-0.15, -0.1) is 0 Å². The van der Waals surface area contributed by atoms with Crippen LogP contribution in [0.25, 0.3) is 0 Å². The molecule has 0 aromatic carbocycles. The van der Waals surface area contributed by atoms with Crippen LogP contribution in [0, 0.1) is 24.0 Å². The minimum Gasteiger partial charge on any atom is -0.393 e. The first-order valence-electron chi connectivity index (χ1n) is 7.12. The molecule has 0 saturated carbocycles. The summed E-state index contributed by atoms with van der Waals surface area (Å²) < 4.78 is 1.46. The highest BCUT2D eigenvalue weighted by Crippen LogP contribution is 2.21. The lowest BCUT2D eigenvalue weighted by Crippen LogP contribution is -2.32. The van der Waals surface area contributed by atoms with Gasteiger partial charge in [0.15, 0.2) is 0 Å². The van der Waals surface area contributed by atoms with Crippen LogP contribution in [-0.4, -0.2) is 50.2 Å². The molecule has 2 unspecified atom stereocenters. The normalized spacial score (nSPS) is 14.1. The molecule has 120 valence electrons. The van der Waals surface area contributed by atoms with E-state index in [4.69, 9.17) is 0 Å². The molecule has 8 heteroatoms. The van der Waals surface area contributed by atoms with Crippen LogP contribution >= 0.6 is 0 Å². The third-order valence-electron chi connectivity index (χ3n) is 3.42. The highest BCUT2D eigenvalue weighted by molar-refractivity contribution is 5.39. The van der Waals surface area contributed by atoms with Crippen molar-refractivity contribution in [1.29, 1.82) is 0 Å². The number of nitro groups is 1. The molecule has 0 aliphatic carbocycles. The van der Waals surface area contributed by atoms with Crippen LogP contribution in [0.3, 0.4) is 0 Å². The third kappa shape index (κ3) is 5.07. The van der Waals surface area contributed by atoms with Crippen molar-refractivity contribution < 1.29 is 15.1 Å². The average Bonchev–Trinajstić information content (AvgIpc) is 2.69. The third-order valence-corrected chi connectivity index (χ3v) is 3.42. The quantitative estimate of drug-likeness (QED) is 0.348. The van der Waals surface area contributed by atoms with E-state index in [2.05, 4.69) is 10.4 Å². The molecule has 1 rings (SSSR count). The number of aryl methyl sites for hydroxylation is 1. The monoisotopic (exact) mass is 300 g/mol. The predicted octanol–water partition coefficient (Wildman–Crippen LogP) is 0.520. The Bertz CT molecular complexity index is 475. The van der Waals surface area contributed by atoms with Gasteiger partial charge in [-0.2, -0.15) is 5.10 Å². The molecule has 1 aromatic heterocycles. The minimum atomic E-state index is -0.693. The fourth-order valence-corrected chi connectivity index (χ4v) is 2.14. The summed E-state index contributed by atoms with van der Waals surface area (Å²) in [6.07, 6.45) is 0.323. The molecule has 21 heavy (non-hydrogen) atoms. The van der Waals surface area contributed by atoms with Crippen molar-refractivity contribution in [1.82, 2.24) is 15.1 Å². The van der Waals surface area contributed by atoms with Crippen molar-refractivity contribution in [2.75, 3.05) is 13.1 Å². The van der Waals surface area contributed by atoms with E-state index in [1.165, 1.54) is 4.68 Å². The largest absolute Gasteiger partial charge is 0.393 e. The van der Waals surface area contributed by atoms with Crippen molar-refractivity contribution in [3.8, 4) is 0 Å². The first-order chi connectivity index (χ1) is 9.86. The lowest BCUT2D eigenvalue weighted by Gasteiger charge is -2.14. The minimum absolute atomic E-state index is 0.00114. The molecule has 0 radical (unpaired) electrons. The highest BCUT2D eigenvalue weighted by atomic mass is 16.6. The number of aromatic nitrogens is 2. The smallest absolute Gasteiger partial charge is 0.312 e. The fourth-order valence-electron chi connectivity index (χ4n) is 2.14. The molecule has 0 bridgehead atoms. The Hall–Kier alpha value is -1.51. The highest BCUT2D eigenvalue weighted by Gasteiger charge is 2.22. The van der Waals surface area contributed by atoms with E-state index >= 15 is 0 Å². The molecule has 0 amide bonds. The topological polar surface area (TPSA) is 113 Å². The van der Waals surface area contributed by atoms with Gasteiger partial charge in [-0.25, -0.2) is 0 Å². The van der Waals surface area contributed by atoms with Gasteiger partial charge in [0.2, 0.25) is 0 Å². The van der Waals surface area contributed by atoms with Crippen LogP contribution in [-0.2, 0) is 6.54 Å². The molecule has 3 N–H and O–H groups in total. The molecule has 2 atom stereocenters. The van der Waals surface area contributed by atoms with Gasteiger partial charge in [0.25, 0.3) is 0 Å². The number of aliphatic hydroxyl groups excluding tert-OH is 2. The molecule has 0 aliphatic rings. The average molecular weight is 300 g/mol. The Morgan fingerprint density at radius 1 is 1.38 bits per heavy atom. The Morgan fingerprint density at radius 3 is 2.57 bits per heavy atom. The molecular weight excluding hydrogens is 276 g/mol. The summed E-state index contributed by atoms with van der Waals surface area (Å²) in [5, 5.41) is 37.4. The van der Waals surface area contributed by atoms with Gasteiger partial charge >= 0.3 is 5.69 Å². The van der Waals surface area contributed by atoms with E-state index in [1.54, 1.807) is 13.8 Å². The van der Waals surface area contributed by atoms with Crippen LogP contribution in [0.4, 0.5) is 5.69 Å². The Labute approximate surface area is 123 Å². The molecule has 1 heterocycles. The second-order valence-corrected chi connectivity index (χ2v) is 5.17. The maximum Gasteiger partial charge on any atom is 0.312 e. The first kappa shape index (κ1) is 17.5. The number of aliphatic hydroxyl groups is 2. The van der Waals surface area contributed by atoms with Crippen molar-refractivity contribution in [3.63, 3.8) is 0 Å². The second-order valence-electron chi connectivity index (χ2n) is 5.17. The van der Waals surface area contributed by atoms with Crippen LogP contribution in [0.5, 0.6) is 0 Å². The lowest BCUT2D eigenvalue weighted by molar-refractivity contribution is -0.386. The molecule has 0 aliphatic heterocycles. The van der Waals surface area contributed by atoms with Crippen LogP contribution in [0.15, 0.2) is 0 Å². The second kappa shape index (κ2) is 8.06. The van der Waals surface area contributed by atoms with E-state index in [9.17, 15) is 20.3 Å². The van der Waals surface area contributed by atoms with Gasteiger partial charge in [0.1, 0.15) is 11.4 Å². The number of hydrogen-bond donors (Lipinski definition) is 3. The van der Waals surface area contributed by atoms with Gasteiger partial charge in [0.05, 0.1) is 23.7 Å². The van der Waals surface area contributed by atoms with Gasteiger partial charge in [-0.1, -0.05) is 6.92 Å². The maximum absolute atomic E-state index is 10.9. The lowest BCUT2D eigenvalue weighted by atomic mass is 10.2. The van der Waals surface area contributed by atoms with Crippen molar-refractivity contribution >= 4 is 5.69 Å². The van der Waals surface area contributed by atoms with Gasteiger partial charge in [0, 0.05) is 6.54 Å². The predicted molar refractivity (Wildman–Crippen MR) is 78.1 cm³/mol. The van der Waals surface area contributed by atoms with Gasteiger partial charge in [-0.3, -0.25) is 14.8 Å². The summed E-state index contributed by atoms with van der Waals surface area (Å²) in [5.41, 5.74) is 0.794. The molecule has 0 spiro atoms. The maximum atomic E-state index is 10.9. The van der Waals surface area contributed by atoms with E-state index in [0.717, 1.165) is 0 Å². The Kier molecular flexibility index (Phi) is 6.73. The van der Waals surface area contributed by atoms with E-state index < -0.39 is 11.0 Å². The van der Waals surface area contributed by atoms with E-state index in [1.807, 2.05) is 6.92 Å². The molecule has 0 saturated heterocycles. The van der Waals surface area contributed by atoms with Gasteiger partial charge < -0.3 is 15.5 Å². The number of nitrogens with one attached hydrogen (secondary N) is 1. The summed E-state index contributed by atoms with van der Waals surface area (Å²) in [6.45, 7) is 6.28.